The van der Waals surface area contributed by atoms with Gasteiger partial charge in [-0.2, -0.15) is 11.8 Å². The van der Waals surface area contributed by atoms with E-state index >= 15 is 0 Å². The van der Waals surface area contributed by atoms with Gasteiger partial charge in [0.2, 0.25) is 0 Å². The molecule has 3 atom stereocenters. The largest absolute Gasteiger partial charge is 0.307 e. The monoisotopic (exact) mass is 277 g/mol. The molecule has 0 bridgehead atoms. The Kier molecular flexibility index (Phi) is 5.35. The van der Waals surface area contributed by atoms with Crippen molar-refractivity contribution in [3.8, 4) is 0 Å². The predicted molar refractivity (Wildman–Crippen MR) is 87.0 cm³/mol. The van der Waals surface area contributed by atoms with Crippen molar-refractivity contribution in [1.29, 1.82) is 0 Å². The third-order valence-corrected chi connectivity index (χ3v) is 5.54. The Bertz CT molecular complexity index is 416. The fourth-order valence-corrected chi connectivity index (χ4v) is 4.10. The van der Waals surface area contributed by atoms with Crippen LogP contribution in [0.4, 0.5) is 0 Å². The molecule has 106 valence electrons. The Balaban J connectivity index is 1.90. The molecule has 0 spiro atoms. The van der Waals surface area contributed by atoms with E-state index in [0.29, 0.717) is 12.1 Å². The lowest BCUT2D eigenvalue weighted by atomic mass is 10.0. The lowest BCUT2D eigenvalue weighted by Crippen LogP contribution is -2.29. The maximum absolute atomic E-state index is 3.82. The molecule has 2 heteroatoms. The zero-order chi connectivity index (χ0) is 13.8. The summed E-state index contributed by atoms with van der Waals surface area (Å²) in [6.45, 7) is 8.95. The van der Waals surface area contributed by atoms with Gasteiger partial charge in [0.15, 0.2) is 0 Å². The molecule has 3 unspecified atom stereocenters. The highest BCUT2D eigenvalue weighted by Gasteiger charge is 2.25. The molecule has 0 aromatic heterocycles. The van der Waals surface area contributed by atoms with E-state index in [-0.39, 0.29) is 0 Å². The average molecular weight is 277 g/mol. The summed E-state index contributed by atoms with van der Waals surface area (Å²) in [4.78, 5) is 0. The molecule has 0 saturated heterocycles. The Morgan fingerprint density at radius 2 is 2.05 bits per heavy atom. The summed E-state index contributed by atoms with van der Waals surface area (Å²) in [5.41, 5.74) is 4.21. The van der Waals surface area contributed by atoms with Crippen LogP contribution in [0.5, 0.6) is 0 Å². The smallest absolute Gasteiger partial charge is 0.0294 e. The first-order valence-corrected chi connectivity index (χ1v) is 8.59. The molecule has 2 rings (SSSR count). The van der Waals surface area contributed by atoms with Gasteiger partial charge >= 0.3 is 0 Å². The van der Waals surface area contributed by atoms with Gasteiger partial charge in [-0.25, -0.2) is 0 Å². The topological polar surface area (TPSA) is 12.0 Å². The maximum atomic E-state index is 3.82. The minimum absolute atomic E-state index is 0.467. The standard InChI is InChI=1S/C17H27NS/c1-5-19-17-9-8-16(11-17)18-14(4)15-7-6-12(2)13(3)10-15/h6-7,10,14,16-18H,5,8-9,11H2,1-4H3. The summed E-state index contributed by atoms with van der Waals surface area (Å²) < 4.78 is 0. The van der Waals surface area contributed by atoms with Gasteiger partial charge in [0, 0.05) is 17.3 Å². The third-order valence-electron chi connectivity index (χ3n) is 4.30. The summed E-state index contributed by atoms with van der Waals surface area (Å²) >= 11 is 2.13. The molecule has 0 heterocycles. The summed E-state index contributed by atoms with van der Waals surface area (Å²) in [7, 11) is 0. The highest BCUT2D eigenvalue weighted by atomic mass is 32.2. The van der Waals surface area contributed by atoms with E-state index in [1.807, 2.05) is 0 Å². The number of thioether (sulfide) groups is 1. The first kappa shape index (κ1) is 14.9. The number of aryl methyl sites for hydroxylation is 2. The van der Waals surface area contributed by atoms with Crippen LogP contribution in [0.2, 0.25) is 0 Å². The van der Waals surface area contributed by atoms with Crippen LogP contribution < -0.4 is 5.32 Å². The van der Waals surface area contributed by atoms with Gasteiger partial charge in [0.25, 0.3) is 0 Å². The highest BCUT2D eigenvalue weighted by molar-refractivity contribution is 7.99. The summed E-state index contributed by atoms with van der Waals surface area (Å²) in [5, 5.41) is 4.70. The van der Waals surface area contributed by atoms with E-state index in [9.17, 15) is 0 Å². The van der Waals surface area contributed by atoms with E-state index in [1.165, 1.54) is 41.7 Å². The van der Waals surface area contributed by atoms with Gasteiger partial charge in [-0.15, -0.1) is 0 Å². The highest BCUT2D eigenvalue weighted by Crippen LogP contribution is 2.31. The van der Waals surface area contributed by atoms with Crippen molar-refractivity contribution in [1.82, 2.24) is 5.32 Å². The first-order valence-electron chi connectivity index (χ1n) is 7.55. The van der Waals surface area contributed by atoms with Gasteiger partial charge in [-0.3, -0.25) is 0 Å². The van der Waals surface area contributed by atoms with Crippen LogP contribution in [0.3, 0.4) is 0 Å². The Hall–Kier alpha value is -0.470. The van der Waals surface area contributed by atoms with Crippen molar-refractivity contribution in [3.63, 3.8) is 0 Å². The molecule has 0 aliphatic heterocycles. The van der Waals surface area contributed by atoms with E-state index in [1.54, 1.807) is 0 Å². The van der Waals surface area contributed by atoms with Crippen molar-refractivity contribution in [2.75, 3.05) is 5.75 Å². The first-order chi connectivity index (χ1) is 9.10. The fraction of sp³-hybridized carbons (Fsp3) is 0.647. The van der Waals surface area contributed by atoms with Crippen LogP contribution in [-0.4, -0.2) is 17.0 Å². The molecule has 1 fully saturated rings. The van der Waals surface area contributed by atoms with E-state index in [2.05, 4.69) is 63.0 Å². The van der Waals surface area contributed by atoms with Crippen LogP contribution in [-0.2, 0) is 0 Å². The molecule has 1 aromatic rings. The SMILES string of the molecule is CCSC1CCC(NC(C)c2ccc(C)c(C)c2)C1. The van der Waals surface area contributed by atoms with Crippen molar-refractivity contribution >= 4 is 11.8 Å². The predicted octanol–water partition coefficient (Wildman–Crippen LogP) is 4.63. The number of hydrogen-bond donors (Lipinski definition) is 1. The van der Waals surface area contributed by atoms with Gasteiger partial charge in [-0.1, -0.05) is 25.1 Å². The Labute approximate surface area is 122 Å². The van der Waals surface area contributed by atoms with E-state index in [0.717, 1.165) is 5.25 Å². The van der Waals surface area contributed by atoms with Crippen molar-refractivity contribution < 1.29 is 0 Å². The second-order valence-corrected chi connectivity index (χ2v) is 7.40. The van der Waals surface area contributed by atoms with Crippen molar-refractivity contribution in [2.45, 2.75) is 64.3 Å². The zero-order valence-electron chi connectivity index (χ0n) is 12.7. The molecule has 0 radical (unpaired) electrons. The maximum Gasteiger partial charge on any atom is 0.0294 e. The van der Waals surface area contributed by atoms with Gasteiger partial charge in [0.1, 0.15) is 0 Å². The second kappa shape index (κ2) is 6.81. The lowest BCUT2D eigenvalue weighted by molar-refractivity contribution is 0.462. The number of benzene rings is 1. The Morgan fingerprint density at radius 3 is 2.74 bits per heavy atom. The molecule has 1 nitrogen and oxygen atoms in total. The molecular weight excluding hydrogens is 250 g/mol. The second-order valence-electron chi connectivity index (χ2n) is 5.82. The quantitative estimate of drug-likeness (QED) is 0.842. The molecule has 1 saturated carbocycles. The lowest BCUT2D eigenvalue weighted by Gasteiger charge is -2.21. The van der Waals surface area contributed by atoms with E-state index < -0.39 is 0 Å². The molecule has 0 amide bonds. The minimum Gasteiger partial charge on any atom is -0.307 e. The average Bonchev–Trinajstić information content (AvgIpc) is 2.80. The Morgan fingerprint density at radius 1 is 1.26 bits per heavy atom. The number of nitrogens with one attached hydrogen (secondary N) is 1. The molecule has 19 heavy (non-hydrogen) atoms. The van der Waals surface area contributed by atoms with Gasteiger partial charge in [0.05, 0.1) is 0 Å². The van der Waals surface area contributed by atoms with Crippen LogP contribution >= 0.6 is 11.8 Å². The fourth-order valence-electron chi connectivity index (χ4n) is 2.96. The molecule has 1 aliphatic carbocycles. The van der Waals surface area contributed by atoms with Gasteiger partial charge < -0.3 is 5.32 Å². The van der Waals surface area contributed by atoms with Crippen LogP contribution in [0.25, 0.3) is 0 Å². The van der Waals surface area contributed by atoms with E-state index in [4.69, 9.17) is 0 Å². The zero-order valence-corrected chi connectivity index (χ0v) is 13.5. The van der Waals surface area contributed by atoms with Crippen LogP contribution in [0.1, 0.15) is 55.8 Å². The number of hydrogen-bond acceptors (Lipinski definition) is 2. The molecule has 1 aliphatic rings. The molecule has 1 aromatic carbocycles. The number of rotatable bonds is 5. The van der Waals surface area contributed by atoms with Gasteiger partial charge in [-0.05, 0) is 62.5 Å². The summed E-state index contributed by atoms with van der Waals surface area (Å²) in [6, 6.07) is 8.02. The van der Waals surface area contributed by atoms with Crippen molar-refractivity contribution in [2.24, 2.45) is 0 Å². The van der Waals surface area contributed by atoms with Crippen LogP contribution in [0.15, 0.2) is 18.2 Å². The summed E-state index contributed by atoms with van der Waals surface area (Å²) in [6.07, 6.45) is 4.07. The third kappa shape index (κ3) is 4.00. The van der Waals surface area contributed by atoms with Crippen molar-refractivity contribution in [3.05, 3.63) is 34.9 Å². The normalized spacial score (nSPS) is 24.6. The van der Waals surface area contributed by atoms with Crippen LogP contribution in [0, 0.1) is 13.8 Å². The molecular formula is C17H27NS. The minimum atomic E-state index is 0.467. The summed E-state index contributed by atoms with van der Waals surface area (Å²) in [5.74, 6) is 1.25. The molecule has 1 N–H and O–H groups in total.